The zero-order valence-electron chi connectivity index (χ0n) is 9.34. The van der Waals surface area contributed by atoms with Crippen LogP contribution in [0.2, 0.25) is 0 Å². The van der Waals surface area contributed by atoms with E-state index >= 15 is 0 Å². The molecule has 1 atom stereocenters. The predicted molar refractivity (Wildman–Crippen MR) is 69.4 cm³/mol. The number of carboxylic acids is 1. The third kappa shape index (κ3) is 3.98. The number of carboxylic acid groups (broad SMARTS) is 1. The van der Waals surface area contributed by atoms with Gasteiger partial charge in [-0.05, 0) is 12.3 Å². The van der Waals surface area contributed by atoms with Crippen LogP contribution in [0.3, 0.4) is 0 Å². The summed E-state index contributed by atoms with van der Waals surface area (Å²) in [4.78, 5) is 10.7. The summed E-state index contributed by atoms with van der Waals surface area (Å²) in [7, 11) is -3.59. The average Bonchev–Trinajstić information content (AvgIpc) is 2.76. The Morgan fingerprint density at radius 1 is 1.65 bits per heavy atom. The molecule has 8 heteroatoms. The third-order valence-corrected chi connectivity index (χ3v) is 5.50. The Morgan fingerprint density at radius 2 is 2.29 bits per heavy atom. The van der Waals surface area contributed by atoms with Crippen molar-refractivity contribution in [2.24, 2.45) is 0 Å². The number of sulfonamides is 1. The maximum Gasteiger partial charge on any atom is 0.345 e. The van der Waals surface area contributed by atoms with Crippen LogP contribution in [-0.2, 0) is 10.0 Å². The van der Waals surface area contributed by atoms with Crippen molar-refractivity contribution in [2.75, 3.05) is 12.8 Å². The van der Waals surface area contributed by atoms with E-state index in [0.717, 1.165) is 11.3 Å². The van der Waals surface area contributed by atoms with Crippen molar-refractivity contribution in [1.29, 1.82) is 0 Å². The highest BCUT2D eigenvalue weighted by Gasteiger charge is 2.18. The minimum Gasteiger partial charge on any atom is -0.477 e. The van der Waals surface area contributed by atoms with Gasteiger partial charge < -0.3 is 5.11 Å². The zero-order chi connectivity index (χ0) is 13.1. The van der Waals surface area contributed by atoms with Crippen LogP contribution >= 0.6 is 23.1 Å². The minimum atomic E-state index is -3.59. The van der Waals surface area contributed by atoms with E-state index in [2.05, 4.69) is 4.72 Å². The van der Waals surface area contributed by atoms with Crippen molar-refractivity contribution in [1.82, 2.24) is 4.72 Å². The summed E-state index contributed by atoms with van der Waals surface area (Å²) in [6.45, 7) is 2.23. The quantitative estimate of drug-likeness (QED) is 0.830. The topological polar surface area (TPSA) is 83.5 Å². The van der Waals surface area contributed by atoms with Gasteiger partial charge in [0.2, 0.25) is 10.0 Å². The molecule has 0 spiro atoms. The second kappa shape index (κ2) is 5.85. The van der Waals surface area contributed by atoms with Crippen LogP contribution in [0.25, 0.3) is 0 Å². The molecule has 1 rings (SSSR count). The Balaban J connectivity index is 2.79. The zero-order valence-corrected chi connectivity index (χ0v) is 11.8. The van der Waals surface area contributed by atoms with E-state index < -0.39 is 16.0 Å². The monoisotopic (exact) mass is 295 g/mol. The van der Waals surface area contributed by atoms with Crippen molar-refractivity contribution >= 4 is 39.1 Å². The molecule has 0 aliphatic heterocycles. The van der Waals surface area contributed by atoms with Gasteiger partial charge in [0, 0.05) is 17.2 Å². The summed E-state index contributed by atoms with van der Waals surface area (Å²) >= 11 is 2.45. The van der Waals surface area contributed by atoms with E-state index in [1.807, 2.05) is 13.2 Å². The minimum absolute atomic E-state index is 0.00760. The first kappa shape index (κ1) is 14.5. The molecule has 2 N–H and O–H groups in total. The molecule has 0 bridgehead atoms. The first-order valence-electron chi connectivity index (χ1n) is 4.71. The fourth-order valence-corrected chi connectivity index (χ4v) is 3.56. The van der Waals surface area contributed by atoms with Gasteiger partial charge in [-0.25, -0.2) is 17.9 Å². The summed E-state index contributed by atoms with van der Waals surface area (Å²) in [5.74, 6) is -1.12. The largest absolute Gasteiger partial charge is 0.477 e. The number of thioether (sulfide) groups is 1. The van der Waals surface area contributed by atoms with Crippen LogP contribution in [-0.4, -0.2) is 37.5 Å². The van der Waals surface area contributed by atoms with E-state index in [4.69, 9.17) is 5.11 Å². The van der Waals surface area contributed by atoms with Crippen molar-refractivity contribution in [3.8, 4) is 0 Å². The second-order valence-electron chi connectivity index (χ2n) is 3.35. The molecule has 1 heterocycles. The number of rotatable bonds is 6. The van der Waals surface area contributed by atoms with Gasteiger partial charge >= 0.3 is 5.97 Å². The standard InChI is InChI=1S/C9H13NO4S3/c1-6(15-2)4-10-17(13,14)7-3-8(9(11)12)16-5-7/h3,5-6,10H,4H2,1-2H3,(H,11,12). The summed E-state index contributed by atoms with van der Waals surface area (Å²) in [5.41, 5.74) is 0. The number of carbonyl (C=O) groups is 1. The van der Waals surface area contributed by atoms with E-state index in [0.29, 0.717) is 6.54 Å². The van der Waals surface area contributed by atoms with E-state index in [1.54, 1.807) is 11.8 Å². The molecular weight excluding hydrogens is 282 g/mol. The second-order valence-corrected chi connectivity index (χ2v) is 7.30. The van der Waals surface area contributed by atoms with Gasteiger partial charge in [0.05, 0.1) is 4.90 Å². The van der Waals surface area contributed by atoms with Crippen LogP contribution in [0.15, 0.2) is 16.3 Å². The summed E-state index contributed by atoms with van der Waals surface area (Å²) < 4.78 is 26.0. The van der Waals surface area contributed by atoms with Gasteiger partial charge in [0.25, 0.3) is 0 Å². The Morgan fingerprint density at radius 3 is 2.76 bits per heavy atom. The van der Waals surface area contributed by atoms with Crippen molar-refractivity contribution in [3.63, 3.8) is 0 Å². The fraction of sp³-hybridized carbons (Fsp3) is 0.444. The number of hydrogen-bond acceptors (Lipinski definition) is 5. The maximum absolute atomic E-state index is 11.8. The number of thiophene rings is 1. The van der Waals surface area contributed by atoms with E-state index in [1.165, 1.54) is 11.4 Å². The molecule has 0 aliphatic rings. The smallest absolute Gasteiger partial charge is 0.345 e. The molecule has 96 valence electrons. The molecule has 1 aromatic rings. The van der Waals surface area contributed by atoms with E-state index in [-0.39, 0.29) is 15.0 Å². The Kier molecular flexibility index (Phi) is 4.99. The highest BCUT2D eigenvalue weighted by atomic mass is 32.2. The van der Waals surface area contributed by atoms with Crippen LogP contribution in [0.1, 0.15) is 16.6 Å². The Hall–Kier alpha value is -0.570. The first-order valence-corrected chi connectivity index (χ1v) is 8.36. The SMILES string of the molecule is CSC(C)CNS(=O)(=O)c1csc(C(=O)O)c1. The summed E-state index contributed by atoms with van der Waals surface area (Å²) in [5, 5.41) is 10.2. The number of aromatic carboxylic acids is 1. The van der Waals surface area contributed by atoms with Crippen molar-refractivity contribution in [2.45, 2.75) is 17.1 Å². The van der Waals surface area contributed by atoms with E-state index in [9.17, 15) is 13.2 Å². The molecule has 0 saturated carbocycles. The maximum atomic E-state index is 11.8. The Labute approximate surface area is 108 Å². The lowest BCUT2D eigenvalue weighted by Crippen LogP contribution is -2.29. The van der Waals surface area contributed by atoms with Crippen LogP contribution in [0, 0.1) is 0 Å². The molecule has 17 heavy (non-hydrogen) atoms. The van der Waals surface area contributed by atoms with Crippen LogP contribution < -0.4 is 4.72 Å². The van der Waals surface area contributed by atoms with Gasteiger partial charge in [0.1, 0.15) is 4.88 Å². The highest BCUT2D eigenvalue weighted by molar-refractivity contribution is 7.99. The summed E-state index contributed by atoms with van der Waals surface area (Å²) in [6.07, 6.45) is 1.89. The first-order chi connectivity index (χ1) is 7.86. The molecule has 0 fully saturated rings. The molecule has 0 aromatic carbocycles. The molecular formula is C9H13NO4S3. The molecule has 0 radical (unpaired) electrons. The Bertz CT molecular complexity index is 494. The van der Waals surface area contributed by atoms with Gasteiger partial charge in [-0.1, -0.05) is 6.92 Å². The van der Waals surface area contributed by atoms with Crippen molar-refractivity contribution < 1.29 is 18.3 Å². The van der Waals surface area contributed by atoms with Gasteiger partial charge in [0.15, 0.2) is 0 Å². The predicted octanol–water partition coefficient (Wildman–Crippen LogP) is 1.48. The molecule has 1 aromatic heterocycles. The average molecular weight is 295 g/mol. The van der Waals surface area contributed by atoms with Gasteiger partial charge in [-0.15, -0.1) is 11.3 Å². The van der Waals surface area contributed by atoms with Gasteiger partial charge in [-0.3, -0.25) is 0 Å². The molecule has 0 saturated heterocycles. The van der Waals surface area contributed by atoms with Crippen LogP contribution in [0.4, 0.5) is 0 Å². The molecule has 5 nitrogen and oxygen atoms in total. The summed E-state index contributed by atoms with van der Waals surface area (Å²) in [6, 6.07) is 1.17. The normalized spacial score (nSPS) is 13.5. The van der Waals surface area contributed by atoms with Crippen molar-refractivity contribution in [3.05, 3.63) is 16.3 Å². The number of nitrogens with one attached hydrogen (secondary N) is 1. The third-order valence-electron chi connectivity index (χ3n) is 2.06. The lowest BCUT2D eigenvalue weighted by Gasteiger charge is -2.09. The highest BCUT2D eigenvalue weighted by Crippen LogP contribution is 2.19. The fourth-order valence-electron chi connectivity index (χ4n) is 0.966. The number of hydrogen-bond donors (Lipinski definition) is 2. The van der Waals surface area contributed by atoms with Gasteiger partial charge in [-0.2, -0.15) is 11.8 Å². The van der Waals surface area contributed by atoms with Crippen LogP contribution in [0.5, 0.6) is 0 Å². The molecule has 0 aliphatic carbocycles. The molecule has 1 unspecified atom stereocenters. The lowest BCUT2D eigenvalue weighted by atomic mass is 10.5. The molecule has 0 amide bonds. The lowest BCUT2D eigenvalue weighted by molar-refractivity contribution is 0.0702.